The molecule has 1 heterocycles. The molecule has 116 valence electrons. The molecule has 1 aliphatic heterocycles. The summed E-state index contributed by atoms with van der Waals surface area (Å²) in [4.78, 5) is 10.3. The summed E-state index contributed by atoms with van der Waals surface area (Å²) < 4.78 is 26.7. The standard InChI is InChI=1S/C13H19N3O4S/c1-9-7-11(16(17)18)3-4-13(9)21(19,20)15-6-5-12(14)10(2)8-15/h3-4,7,10,12H,5-6,8,14H2,1-2H3. The van der Waals surface area contributed by atoms with E-state index in [1.165, 1.54) is 22.5 Å². The topological polar surface area (TPSA) is 107 Å². The van der Waals surface area contributed by atoms with Gasteiger partial charge in [-0.25, -0.2) is 8.42 Å². The van der Waals surface area contributed by atoms with Crippen LogP contribution in [-0.2, 0) is 10.0 Å². The zero-order valence-corrected chi connectivity index (χ0v) is 12.8. The summed E-state index contributed by atoms with van der Waals surface area (Å²) in [6.45, 7) is 4.25. The van der Waals surface area contributed by atoms with E-state index in [2.05, 4.69) is 0 Å². The third kappa shape index (κ3) is 3.07. The Hall–Kier alpha value is -1.51. The second-order valence-electron chi connectivity index (χ2n) is 5.50. The van der Waals surface area contributed by atoms with Gasteiger partial charge in [-0.05, 0) is 30.9 Å². The minimum Gasteiger partial charge on any atom is -0.327 e. The number of non-ortho nitro benzene ring substituents is 1. The number of nitro benzene ring substituents is 1. The molecule has 2 rings (SSSR count). The van der Waals surface area contributed by atoms with Crippen LogP contribution in [0.5, 0.6) is 0 Å². The first-order chi connectivity index (χ1) is 9.73. The number of piperidine rings is 1. The number of hydrogen-bond donors (Lipinski definition) is 1. The Morgan fingerprint density at radius 3 is 2.62 bits per heavy atom. The molecule has 1 aliphatic rings. The molecule has 8 heteroatoms. The van der Waals surface area contributed by atoms with Crippen molar-refractivity contribution in [3.8, 4) is 0 Å². The second kappa shape index (κ2) is 5.70. The van der Waals surface area contributed by atoms with E-state index in [0.717, 1.165) is 0 Å². The predicted molar refractivity (Wildman–Crippen MR) is 78.3 cm³/mol. The second-order valence-corrected chi connectivity index (χ2v) is 7.41. The van der Waals surface area contributed by atoms with Gasteiger partial charge in [-0.2, -0.15) is 4.31 Å². The van der Waals surface area contributed by atoms with Crippen molar-refractivity contribution >= 4 is 15.7 Å². The molecule has 1 fully saturated rings. The quantitative estimate of drug-likeness (QED) is 0.668. The van der Waals surface area contributed by atoms with E-state index >= 15 is 0 Å². The minimum atomic E-state index is -3.64. The van der Waals surface area contributed by atoms with Crippen molar-refractivity contribution in [3.05, 3.63) is 33.9 Å². The molecule has 2 unspecified atom stereocenters. The summed E-state index contributed by atoms with van der Waals surface area (Å²) in [7, 11) is -3.64. The van der Waals surface area contributed by atoms with E-state index in [4.69, 9.17) is 5.73 Å². The summed E-state index contributed by atoms with van der Waals surface area (Å²) in [6.07, 6.45) is 0.617. The van der Waals surface area contributed by atoms with Crippen LogP contribution in [-0.4, -0.2) is 36.8 Å². The van der Waals surface area contributed by atoms with Crippen LogP contribution in [0.1, 0.15) is 18.9 Å². The molecule has 0 aliphatic carbocycles. The Bertz CT molecular complexity index is 659. The molecule has 0 bridgehead atoms. The molecule has 0 radical (unpaired) electrons. The van der Waals surface area contributed by atoms with Gasteiger partial charge in [-0.3, -0.25) is 10.1 Å². The Morgan fingerprint density at radius 2 is 2.10 bits per heavy atom. The largest absolute Gasteiger partial charge is 0.327 e. The van der Waals surface area contributed by atoms with Crippen molar-refractivity contribution in [1.29, 1.82) is 0 Å². The average molecular weight is 313 g/mol. The molecule has 0 saturated carbocycles. The lowest BCUT2D eigenvalue weighted by molar-refractivity contribution is -0.385. The predicted octanol–water partition coefficient (Wildman–Crippen LogP) is 1.26. The van der Waals surface area contributed by atoms with Crippen LogP contribution in [0.2, 0.25) is 0 Å². The van der Waals surface area contributed by atoms with Gasteiger partial charge in [0, 0.05) is 31.3 Å². The SMILES string of the molecule is Cc1cc([N+](=O)[O-])ccc1S(=O)(=O)N1CCC(N)C(C)C1. The van der Waals surface area contributed by atoms with Crippen LogP contribution in [0.15, 0.2) is 23.1 Å². The summed E-state index contributed by atoms with van der Waals surface area (Å²) in [6, 6.07) is 3.82. The lowest BCUT2D eigenvalue weighted by atomic mass is 9.96. The van der Waals surface area contributed by atoms with E-state index in [9.17, 15) is 18.5 Å². The molecule has 2 N–H and O–H groups in total. The first-order valence-electron chi connectivity index (χ1n) is 6.74. The maximum atomic E-state index is 12.7. The van der Waals surface area contributed by atoms with E-state index < -0.39 is 14.9 Å². The Morgan fingerprint density at radius 1 is 1.43 bits per heavy atom. The molecule has 21 heavy (non-hydrogen) atoms. The number of rotatable bonds is 3. The molecule has 7 nitrogen and oxygen atoms in total. The molecule has 0 aromatic heterocycles. The zero-order chi connectivity index (χ0) is 15.8. The Balaban J connectivity index is 2.34. The summed E-state index contributed by atoms with van der Waals surface area (Å²) in [5, 5.41) is 10.7. The van der Waals surface area contributed by atoms with E-state index in [1.807, 2.05) is 6.92 Å². The number of sulfonamides is 1. The summed E-state index contributed by atoms with van der Waals surface area (Å²) in [5.74, 6) is 0.0897. The van der Waals surface area contributed by atoms with Gasteiger partial charge in [0.05, 0.1) is 9.82 Å². The highest BCUT2D eigenvalue weighted by Crippen LogP contribution is 2.27. The molecule has 1 saturated heterocycles. The molecular formula is C13H19N3O4S. The molecule has 0 amide bonds. The fourth-order valence-corrected chi connectivity index (χ4v) is 4.28. The van der Waals surface area contributed by atoms with E-state index in [-0.39, 0.29) is 22.5 Å². The van der Waals surface area contributed by atoms with Crippen molar-refractivity contribution in [2.45, 2.75) is 31.2 Å². The molecule has 0 spiro atoms. The van der Waals surface area contributed by atoms with Crippen LogP contribution in [0.25, 0.3) is 0 Å². The highest BCUT2D eigenvalue weighted by Gasteiger charge is 2.33. The first kappa shape index (κ1) is 15.9. The molecule has 1 aromatic rings. The third-order valence-corrected chi connectivity index (χ3v) is 5.95. The van der Waals surface area contributed by atoms with Gasteiger partial charge < -0.3 is 5.73 Å². The van der Waals surface area contributed by atoms with Crippen LogP contribution in [0.3, 0.4) is 0 Å². The summed E-state index contributed by atoms with van der Waals surface area (Å²) >= 11 is 0. The number of nitrogens with zero attached hydrogens (tertiary/aromatic N) is 2. The first-order valence-corrected chi connectivity index (χ1v) is 8.18. The molecule has 1 aromatic carbocycles. The van der Waals surface area contributed by atoms with Gasteiger partial charge >= 0.3 is 0 Å². The Kier molecular flexibility index (Phi) is 4.31. The van der Waals surface area contributed by atoms with Crippen molar-refractivity contribution in [2.24, 2.45) is 11.7 Å². The van der Waals surface area contributed by atoms with Gasteiger partial charge in [0.1, 0.15) is 0 Å². The maximum Gasteiger partial charge on any atom is 0.269 e. The van der Waals surface area contributed by atoms with Gasteiger partial charge in [-0.1, -0.05) is 6.92 Å². The maximum absolute atomic E-state index is 12.7. The normalized spacial score (nSPS) is 24.0. The number of aryl methyl sites for hydroxylation is 1. The van der Waals surface area contributed by atoms with Crippen LogP contribution in [0, 0.1) is 23.0 Å². The number of hydrogen-bond acceptors (Lipinski definition) is 5. The van der Waals surface area contributed by atoms with Gasteiger partial charge in [-0.15, -0.1) is 0 Å². The minimum absolute atomic E-state index is 0.00871. The summed E-state index contributed by atoms with van der Waals surface area (Å²) in [5.41, 5.74) is 6.18. The van der Waals surface area contributed by atoms with Crippen molar-refractivity contribution in [2.75, 3.05) is 13.1 Å². The number of nitrogens with two attached hydrogens (primary N) is 1. The average Bonchev–Trinajstić information content (AvgIpc) is 2.41. The lowest BCUT2D eigenvalue weighted by Crippen LogP contribution is -2.48. The lowest BCUT2D eigenvalue weighted by Gasteiger charge is -2.34. The van der Waals surface area contributed by atoms with Gasteiger partial charge in [0.2, 0.25) is 10.0 Å². The van der Waals surface area contributed by atoms with Crippen LogP contribution >= 0.6 is 0 Å². The molecule has 2 atom stereocenters. The third-order valence-electron chi connectivity index (χ3n) is 3.92. The van der Waals surface area contributed by atoms with Gasteiger partial charge in [0.25, 0.3) is 5.69 Å². The smallest absolute Gasteiger partial charge is 0.269 e. The van der Waals surface area contributed by atoms with E-state index in [0.29, 0.717) is 25.1 Å². The van der Waals surface area contributed by atoms with Crippen LogP contribution < -0.4 is 5.73 Å². The van der Waals surface area contributed by atoms with Crippen molar-refractivity contribution in [3.63, 3.8) is 0 Å². The highest BCUT2D eigenvalue weighted by molar-refractivity contribution is 7.89. The number of benzene rings is 1. The van der Waals surface area contributed by atoms with Crippen LogP contribution in [0.4, 0.5) is 5.69 Å². The van der Waals surface area contributed by atoms with Crippen molar-refractivity contribution in [1.82, 2.24) is 4.31 Å². The Labute approximate surface area is 123 Å². The van der Waals surface area contributed by atoms with Gasteiger partial charge in [0.15, 0.2) is 0 Å². The van der Waals surface area contributed by atoms with E-state index in [1.54, 1.807) is 6.92 Å². The monoisotopic (exact) mass is 313 g/mol. The fraction of sp³-hybridized carbons (Fsp3) is 0.538. The van der Waals surface area contributed by atoms with Crippen molar-refractivity contribution < 1.29 is 13.3 Å². The fourth-order valence-electron chi connectivity index (χ4n) is 2.52. The number of nitro groups is 1. The zero-order valence-electron chi connectivity index (χ0n) is 12.0. The highest BCUT2D eigenvalue weighted by atomic mass is 32.2. The molecular weight excluding hydrogens is 294 g/mol.